The molecule has 0 unspecified atom stereocenters. The zero-order valence-electron chi connectivity index (χ0n) is 17.5. The number of nitrogens with zero attached hydrogens (tertiary/aromatic N) is 1. The fourth-order valence-electron chi connectivity index (χ4n) is 3.89. The number of H-pyrrole nitrogens is 2. The van der Waals surface area contributed by atoms with Crippen molar-refractivity contribution in [1.82, 2.24) is 15.0 Å². The molecule has 4 N–H and O–H groups in total. The lowest BCUT2D eigenvalue weighted by Gasteiger charge is -2.05. The van der Waals surface area contributed by atoms with Gasteiger partial charge in [0.15, 0.2) is 0 Å². The number of aromatic nitrogens is 3. The first-order valence-electron chi connectivity index (χ1n) is 10.4. The SMILES string of the molecule is O=C(Cc1c[nH]c2ccccc12)Nc1ccc2c(C=C(C(=O)O)c3ccccc3)c[nH]c2n1. The van der Waals surface area contributed by atoms with E-state index in [1.54, 1.807) is 42.6 Å². The number of carboxylic acid groups (broad SMARTS) is 1. The van der Waals surface area contributed by atoms with E-state index in [9.17, 15) is 14.7 Å². The molecule has 0 aliphatic carbocycles. The summed E-state index contributed by atoms with van der Waals surface area (Å²) in [7, 11) is 0. The van der Waals surface area contributed by atoms with Gasteiger partial charge in [0.05, 0.1) is 12.0 Å². The predicted molar refractivity (Wildman–Crippen MR) is 129 cm³/mol. The Balaban J connectivity index is 1.38. The predicted octanol–water partition coefficient (Wildman–Crippen LogP) is 4.85. The number of carbonyl (C=O) groups is 2. The van der Waals surface area contributed by atoms with Crippen molar-refractivity contribution in [2.45, 2.75) is 6.42 Å². The largest absolute Gasteiger partial charge is 0.478 e. The average molecular weight is 436 g/mol. The van der Waals surface area contributed by atoms with Crippen LogP contribution in [0.5, 0.6) is 0 Å². The molecule has 2 aromatic carbocycles. The number of aliphatic carboxylic acids is 1. The molecule has 0 bridgehead atoms. The van der Waals surface area contributed by atoms with Crippen LogP contribution in [0.25, 0.3) is 33.6 Å². The number of hydrogen-bond donors (Lipinski definition) is 4. The van der Waals surface area contributed by atoms with Gasteiger partial charge in [-0.05, 0) is 35.4 Å². The normalized spacial score (nSPS) is 11.7. The maximum Gasteiger partial charge on any atom is 0.336 e. The summed E-state index contributed by atoms with van der Waals surface area (Å²) < 4.78 is 0. The van der Waals surface area contributed by atoms with E-state index in [-0.39, 0.29) is 17.9 Å². The Labute approximate surface area is 188 Å². The quantitative estimate of drug-likeness (QED) is 0.285. The molecule has 5 aromatic rings. The number of rotatable bonds is 6. The standard InChI is InChI=1S/C26H20N4O3/c31-24(13-18-14-27-22-9-5-4-8-19(18)22)29-23-11-10-20-17(15-28-25(20)30-23)12-21(26(32)33)16-6-2-1-3-7-16/h1-12,14-15,27H,13H2,(H,32,33)(H2,28,29,30,31). The van der Waals surface area contributed by atoms with Crippen molar-refractivity contribution < 1.29 is 14.7 Å². The van der Waals surface area contributed by atoms with Crippen molar-refractivity contribution in [3.05, 3.63) is 95.8 Å². The Kier molecular flexibility index (Phi) is 5.20. The molecular formula is C26H20N4O3. The van der Waals surface area contributed by atoms with Crippen LogP contribution in [0, 0.1) is 0 Å². The Morgan fingerprint density at radius 2 is 1.70 bits per heavy atom. The summed E-state index contributed by atoms with van der Waals surface area (Å²) in [5, 5.41) is 14.3. The molecule has 0 aliphatic rings. The first-order chi connectivity index (χ1) is 16.1. The van der Waals surface area contributed by atoms with Gasteiger partial charge in [-0.3, -0.25) is 4.79 Å². The molecule has 0 saturated carbocycles. The van der Waals surface area contributed by atoms with E-state index in [1.807, 2.05) is 42.6 Å². The number of hydrogen-bond acceptors (Lipinski definition) is 3. The van der Waals surface area contributed by atoms with Crippen molar-refractivity contribution in [1.29, 1.82) is 0 Å². The van der Waals surface area contributed by atoms with Gasteiger partial charge in [-0.25, -0.2) is 9.78 Å². The van der Waals surface area contributed by atoms with Crippen LogP contribution >= 0.6 is 0 Å². The van der Waals surface area contributed by atoms with E-state index < -0.39 is 5.97 Å². The molecule has 0 saturated heterocycles. The van der Waals surface area contributed by atoms with E-state index in [0.717, 1.165) is 21.9 Å². The second-order valence-electron chi connectivity index (χ2n) is 7.65. The van der Waals surface area contributed by atoms with Crippen LogP contribution in [0.2, 0.25) is 0 Å². The highest BCUT2D eigenvalue weighted by molar-refractivity contribution is 6.21. The molecule has 0 atom stereocenters. The lowest BCUT2D eigenvalue weighted by molar-refractivity contribution is -0.130. The van der Waals surface area contributed by atoms with Crippen LogP contribution in [0.3, 0.4) is 0 Å². The molecule has 0 spiro atoms. The van der Waals surface area contributed by atoms with Gasteiger partial charge in [0.2, 0.25) is 5.91 Å². The third-order valence-corrected chi connectivity index (χ3v) is 5.48. The first-order valence-corrected chi connectivity index (χ1v) is 10.4. The minimum atomic E-state index is -1.01. The Bertz CT molecular complexity index is 1510. The molecule has 0 aliphatic heterocycles. The molecule has 3 aromatic heterocycles. The van der Waals surface area contributed by atoms with Crippen molar-refractivity contribution in [2.24, 2.45) is 0 Å². The maximum atomic E-state index is 12.6. The van der Waals surface area contributed by atoms with Gasteiger partial charge >= 0.3 is 5.97 Å². The number of aromatic amines is 2. The molecule has 0 fully saturated rings. The maximum absolute atomic E-state index is 12.6. The van der Waals surface area contributed by atoms with E-state index in [0.29, 0.717) is 22.6 Å². The highest BCUT2D eigenvalue weighted by Crippen LogP contribution is 2.25. The molecule has 7 heteroatoms. The number of benzene rings is 2. The van der Waals surface area contributed by atoms with Gasteiger partial charge < -0.3 is 20.4 Å². The Hall–Kier alpha value is -4.65. The number of para-hydroxylation sites is 1. The monoisotopic (exact) mass is 436 g/mol. The molecule has 0 radical (unpaired) electrons. The number of carboxylic acids is 1. The van der Waals surface area contributed by atoms with Gasteiger partial charge in [-0.15, -0.1) is 0 Å². The fraction of sp³-hybridized carbons (Fsp3) is 0.0385. The molecule has 3 heterocycles. The van der Waals surface area contributed by atoms with Crippen LogP contribution in [0.15, 0.2) is 79.1 Å². The molecule has 7 nitrogen and oxygen atoms in total. The van der Waals surface area contributed by atoms with E-state index >= 15 is 0 Å². The van der Waals surface area contributed by atoms with Gasteiger partial charge in [-0.2, -0.15) is 0 Å². The zero-order chi connectivity index (χ0) is 22.8. The molecule has 162 valence electrons. The van der Waals surface area contributed by atoms with Crippen LogP contribution in [-0.4, -0.2) is 31.9 Å². The molecule has 1 amide bonds. The van der Waals surface area contributed by atoms with Crippen molar-refractivity contribution >= 4 is 51.3 Å². The second-order valence-corrected chi connectivity index (χ2v) is 7.65. The summed E-state index contributed by atoms with van der Waals surface area (Å²) in [5.74, 6) is -0.758. The fourth-order valence-corrected chi connectivity index (χ4v) is 3.89. The van der Waals surface area contributed by atoms with Gasteiger partial charge in [0, 0.05) is 34.2 Å². The summed E-state index contributed by atoms with van der Waals surface area (Å²) in [4.78, 5) is 35.1. The highest BCUT2D eigenvalue weighted by atomic mass is 16.4. The number of nitrogens with one attached hydrogen (secondary N) is 3. The van der Waals surface area contributed by atoms with Crippen molar-refractivity contribution in [3.8, 4) is 0 Å². The van der Waals surface area contributed by atoms with Gasteiger partial charge in [0.1, 0.15) is 11.5 Å². The zero-order valence-corrected chi connectivity index (χ0v) is 17.5. The Morgan fingerprint density at radius 1 is 0.909 bits per heavy atom. The third-order valence-electron chi connectivity index (χ3n) is 5.48. The smallest absolute Gasteiger partial charge is 0.336 e. The molecule has 33 heavy (non-hydrogen) atoms. The number of carbonyl (C=O) groups excluding carboxylic acids is 1. The number of anilines is 1. The minimum Gasteiger partial charge on any atom is -0.478 e. The summed E-state index contributed by atoms with van der Waals surface area (Å²) in [6.45, 7) is 0. The lowest BCUT2D eigenvalue weighted by atomic mass is 10.0. The second kappa shape index (κ2) is 8.47. The van der Waals surface area contributed by atoms with Gasteiger partial charge in [-0.1, -0.05) is 48.5 Å². The topological polar surface area (TPSA) is 111 Å². The van der Waals surface area contributed by atoms with E-state index in [4.69, 9.17) is 0 Å². The molecular weight excluding hydrogens is 416 g/mol. The van der Waals surface area contributed by atoms with Gasteiger partial charge in [0.25, 0.3) is 0 Å². The summed E-state index contributed by atoms with van der Waals surface area (Å²) in [5.41, 5.74) is 3.97. The first kappa shape index (κ1) is 20.3. The third kappa shape index (κ3) is 4.12. The summed E-state index contributed by atoms with van der Waals surface area (Å²) in [6.07, 6.45) is 5.40. The molecule has 5 rings (SSSR count). The lowest BCUT2D eigenvalue weighted by Crippen LogP contribution is -2.15. The average Bonchev–Trinajstić information content (AvgIpc) is 3.41. The van der Waals surface area contributed by atoms with Crippen molar-refractivity contribution in [2.75, 3.05) is 5.32 Å². The van der Waals surface area contributed by atoms with Crippen molar-refractivity contribution in [3.63, 3.8) is 0 Å². The number of fused-ring (bicyclic) bond motifs is 2. The van der Waals surface area contributed by atoms with Crippen LogP contribution in [0.4, 0.5) is 5.82 Å². The summed E-state index contributed by atoms with van der Waals surface area (Å²) >= 11 is 0. The number of pyridine rings is 1. The van der Waals surface area contributed by atoms with Crippen LogP contribution < -0.4 is 5.32 Å². The summed E-state index contributed by atoms with van der Waals surface area (Å²) in [6, 6.07) is 20.3. The Morgan fingerprint density at radius 3 is 2.52 bits per heavy atom. The van der Waals surface area contributed by atoms with Crippen LogP contribution in [-0.2, 0) is 16.0 Å². The van der Waals surface area contributed by atoms with E-state index in [1.165, 1.54) is 0 Å². The highest BCUT2D eigenvalue weighted by Gasteiger charge is 2.14. The minimum absolute atomic E-state index is 0.171. The van der Waals surface area contributed by atoms with Crippen LogP contribution in [0.1, 0.15) is 16.7 Å². The van der Waals surface area contributed by atoms with E-state index in [2.05, 4.69) is 20.3 Å². The number of amides is 1.